The molecule has 0 fully saturated rings. The van der Waals surface area contributed by atoms with Crippen LogP contribution in [0.4, 0.5) is 0 Å². The number of benzene rings is 2. The van der Waals surface area contributed by atoms with E-state index in [4.69, 9.17) is 4.74 Å². The van der Waals surface area contributed by atoms with Gasteiger partial charge in [-0.1, -0.05) is 43.2 Å². The van der Waals surface area contributed by atoms with Crippen molar-refractivity contribution < 1.29 is 18.3 Å². The fraction of sp³-hybridized carbons (Fsp3) is 0.292. The lowest BCUT2D eigenvalue weighted by molar-refractivity contribution is 0.281. The zero-order valence-electron chi connectivity index (χ0n) is 17.6. The number of ether oxygens (including phenoxy) is 1. The Balaban J connectivity index is 2.34. The van der Waals surface area contributed by atoms with Crippen LogP contribution in [0.3, 0.4) is 0 Å². The number of pyridine rings is 1. The van der Waals surface area contributed by atoms with Crippen LogP contribution < -0.4 is 4.74 Å². The van der Waals surface area contributed by atoms with E-state index < -0.39 is 9.84 Å². The van der Waals surface area contributed by atoms with Crippen molar-refractivity contribution in [2.75, 3.05) is 12.9 Å². The van der Waals surface area contributed by atoms with Crippen molar-refractivity contribution >= 4 is 9.84 Å². The van der Waals surface area contributed by atoms with Gasteiger partial charge in [0.1, 0.15) is 5.75 Å². The molecule has 1 N–H and O–H groups in total. The molecule has 3 aromatic rings. The van der Waals surface area contributed by atoms with Gasteiger partial charge in [-0.05, 0) is 48.2 Å². The second-order valence-corrected chi connectivity index (χ2v) is 9.44. The number of hydrogen-bond donors (Lipinski definition) is 1. The first-order chi connectivity index (χ1) is 14.3. The van der Waals surface area contributed by atoms with E-state index in [0.717, 1.165) is 40.7 Å². The number of hydrogen-bond acceptors (Lipinski definition) is 5. The summed E-state index contributed by atoms with van der Waals surface area (Å²) in [6.45, 7) is 4.42. The second kappa shape index (κ2) is 9.41. The van der Waals surface area contributed by atoms with Gasteiger partial charge < -0.3 is 9.84 Å². The number of aryl methyl sites for hydroxylation is 1. The molecule has 0 spiro atoms. The van der Waals surface area contributed by atoms with Gasteiger partial charge in [0.25, 0.3) is 0 Å². The molecule has 0 atom stereocenters. The summed E-state index contributed by atoms with van der Waals surface area (Å²) in [5, 5.41) is 9.57. The van der Waals surface area contributed by atoms with Gasteiger partial charge in [0.15, 0.2) is 9.84 Å². The summed E-state index contributed by atoms with van der Waals surface area (Å²) in [7, 11) is -3.44. The molecule has 1 aromatic heterocycles. The Bertz CT molecular complexity index is 1140. The topological polar surface area (TPSA) is 76.5 Å². The monoisotopic (exact) mass is 425 g/mol. The summed E-state index contributed by atoms with van der Waals surface area (Å²) >= 11 is 0. The first kappa shape index (κ1) is 22.0. The van der Waals surface area contributed by atoms with Crippen molar-refractivity contribution in [3.05, 3.63) is 66.0 Å². The smallest absolute Gasteiger partial charge is 0.175 e. The Kier molecular flexibility index (Phi) is 6.90. The highest BCUT2D eigenvalue weighted by Crippen LogP contribution is 2.42. The third-order valence-corrected chi connectivity index (χ3v) is 5.95. The molecule has 0 bridgehead atoms. The van der Waals surface area contributed by atoms with Crippen LogP contribution in [0.2, 0.25) is 0 Å². The summed E-state index contributed by atoms with van der Waals surface area (Å²) in [6, 6.07) is 13.1. The Morgan fingerprint density at radius 2 is 1.87 bits per heavy atom. The van der Waals surface area contributed by atoms with Gasteiger partial charge in [-0.15, -0.1) is 0 Å². The molecule has 0 aliphatic rings. The number of aromatic nitrogens is 1. The highest BCUT2D eigenvalue weighted by atomic mass is 32.2. The molecule has 158 valence electrons. The zero-order chi connectivity index (χ0) is 21.7. The summed E-state index contributed by atoms with van der Waals surface area (Å²) < 4.78 is 30.9. The normalized spacial score (nSPS) is 11.5. The van der Waals surface area contributed by atoms with Crippen molar-refractivity contribution in [1.82, 2.24) is 4.98 Å². The zero-order valence-corrected chi connectivity index (χ0v) is 18.4. The van der Waals surface area contributed by atoms with E-state index in [-0.39, 0.29) is 11.5 Å². The number of unbranched alkanes of at least 4 members (excludes halogenated alkanes) is 1. The average Bonchev–Trinajstić information content (AvgIpc) is 2.72. The maximum Gasteiger partial charge on any atom is 0.175 e. The van der Waals surface area contributed by atoms with Crippen LogP contribution >= 0.6 is 0 Å². The molecule has 0 amide bonds. The van der Waals surface area contributed by atoms with E-state index in [1.165, 1.54) is 6.26 Å². The lowest BCUT2D eigenvalue weighted by Crippen LogP contribution is -2.04. The number of nitrogens with zero attached hydrogens (tertiary/aromatic N) is 1. The van der Waals surface area contributed by atoms with Crippen LogP contribution in [0, 0.1) is 6.92 Å². The van der Waals surface area contributed by atoms with Gasteiger partial charge in [-0.3, -0.25) is 4.98 Å². The van der Waals surface area contributed by atoms with Crippen molar-refractivity contribution in [2.24, 2.45) is 0 Å². The third kappa shape index (κ3) is 5.07. The fourth-order valence-electron chi connectivity index (χ4n) is 3.29. The summed E-state index contributed by atoms with van der Waals surface area (Å²) in [4.78, 5) is 4.47. The molecule has 5 nitrogen and oxygen atoms in total. The maximum absolute atomic E-state index is 12.4. The lowest BCUT2D eigenvalue weighted by atomic mass is 9.93. The second-order valence-electron chi connectivity index (χ2n) is 7.43. The molecule has 0 radical (unpaired) electrons. The molecule has 0 saturated heterocycles. The van der Waals surface area contributed by atoms with E-state index >= 15 is 0 Å². The first-order valence-electron chi connectivity index (χ1n) is 9.96. The number of rotatable bonds is 8. The molecule has 30 heavy (non-hydrogen) atoms. The summed E-state index contributed by atoms with van der Waals surface area (Å²) in [6.07, 6.45) is 6.34. The van der Waals surface area contributed by atoms with E-state index in [1.807, 2.05) is 37.3 Å². The third-order valence-electron chi connectivity index (χ3n) is 4.85. The van der Waals surface area contributed by atoms with Gasteiger partial charge in [0.2, 0.25) is 0 Å². The SMILES string of the molecule is CCCCOc1cc(S(C)(=O)=O)cc(-c2cccc(C)c2)c1-c1cncc(CO)c1. The molecule has 0 unspecified atom stereocenters. The molecular weight excluding hydrogens is 398 g/mol. The van der Waals surface area contributed by atoms with Crippen LogP contribution in [0.1, 0.15) is 30.9 Å². The predicted molar refractivity (Wildman–Crippen MR) is 119 cm³/mol. The van der Waals surface area contributed by atoms with Gasteiger partial charge >= 0.3 is 0 Å². The van der Waals surface area contributed by atoms with Gasteiger partial charge in [0.05, 0.1) is 18.1 Å². The number of sulfone groups is 1. The highest BCUT2D eigenvalue weighted by molar-refractivity contribution is 7.90. The number of aliphatic hydroxyl groups is 1. The molecule has 6 heteroatoms. The molecule has 0 saturated carbocycles. The van der Waals surface area contributed by atoms with Gasteiger partial charge in [0, 0.05) is 29.8 Å². The Morgan fingerprint density at radius 1 is 1.07 bits per heavy atom. The van der Waals surface area contributed by atoms with Crippen LogP contribution in [-0.4, -0.2) is 31.4 Å². The molecular formula is C24H27NO4S. The van der Waals surface area contributed by atoms with E-state index in [1.54, 1.807) is 24.5 Å². The van der Waals surface area contributed by atoms with E-state index in [0.29, 0.717) is 17.9 Å². The molecule has 2 aromatic carbocycles. The molecule has 3 rings (SSSR count). The van der Waals surface area contributed by atoms with E-state index in [9.17, 15) is 13.5 Å². The predicted octanol–water partition coefficient (Wildman–Crippen LogP) is 4.80. The van der Waals surface area contributed by atoms with Gasteiger partial charge in [-0.2, -0.15) is 0 Å². The Labute approximate surface area is 178 Å². The molecule has 1 heterocycles. The minimum atomic E-state index is -3.44. The minimum Gasteiger partial charge on any atom is -0.493 e. The van der Waals surface area contributed by atoms with Crippen LogP contribution in [0.15, 0.2) is 59.8 Å². The molecule has 0 aliphatic carbocycles. The quantitative estimate of drug-likeness (QED) is 0.525. The van der Waals surface area contributed by atoms with Crippen molar-refractivity contribution in [3.63, 3.8) is 0 Å². The average molecular weight is 426 g/mol. The Hall–Kier alpha value is -2.70. The van der Waals surface area contributed by atoms with Crippen LogP contribution in [0.5, 0.6) is 5.75 Å². The number of aliphatic hydroxyl groups excluding tert-OH is 1. The highest BCUT2D eigenvalue weighted by Gasteiger charge is 2.20. The van der Waals surface area contributed by atoms with Crippen molar-refractivity contribution in [3.8, 4) is 28.0 Å². The first-order valence-corrected chi connectivity index (χ1v) is 11.9. The fourth-order valence-corrected chi connectivity index (χ4v) is 3.95. The molecule has 0 aliphatic heterocycles. The minimum absolute atomic E-state index is 0.131. The van der Waals surface area contributed by atoms with Gasteiger partial charge in [-0.25, -0.2) is 8.42 Å². The van der Waals surface area contributed by atoms with E-state index in [2.05, 4.69) is 11.9 Å². The Morgan fingerprint density at radius 3 is 2.53 bits per heavy atom. The standard InChI is InChI=1S/C24H27NO4S/c1-4-5-9-29-23-13-21(30(3,27)28)12-22(19-8-6-7-17(2)10-19)24(23)20-11-18(16-26)14-25-15-20/h6-8,10-15,26H,4-5,9,16H2,1-3H3. The lowest BCUT2D eigenvalue weighted by Gasteiger charge is -2.19. The summed E-state index contributed by atoms with van der Waals surface area (Å²) in [5.41, 5.74) is 4.93. The van der Waals surface area contributed by atoms with Crippen molar-refractivity contribution in [1.29, 1.82) is 0 Å². The maximum atomic E-state index is 12.4. The van der Waals surface area contributed by atoms with Crippen molar-refractivity contribution in [2.45, 2.75) is 38.2 Å². The van der Waals surface area contributed by atoms with Crippen LogP contribution in [0.25, 0.3) is 22.3 Å². The largest absolute Gasteiger partial charge is 0.493 e. The summed E-state index contributed by atoms with van der Waals surface area (Å²) in [5.74, 6) is 0.500. The van der Waals surface area contributed by atoms with Crippen LogP contribution in [-0.2, 0) is 16.4 Å².